The Morgan fingerprint density at radius 1 is 1.53 bits per heavy atom. The number of rotatable bonds is 2. The summed E-state index contributed by atoms with van der Waals surface area (Å²) in [6.07, 6.45) is 2.01. The third kappa shape index (κ3) is 2.61. The number of hydrogen-bond donors (Lipinski definition) is 1. The van der Waals surface area contributed by atoms with Gasteiger partial charge in [-0.25, -0.2) is 4.79 Å². The molecule has 17 heavy (non-hydrogen) atoms. The minimum Gasteiger partial charge on any atom is -0.458 e. The second-order valence-corrected chi connectivity index (χ2v) is 4.63. The molecule has 5 nitrogen and oxygen atoms in total. The SMILES string of the molecule is CC1(C)CC(NC(=O)c2ccccn2)C(=O)O1. The number of nitrogens with one attached hydrogen (secondary N) is 1. The largest absolute Gasteiger partial charge is 0.458 e. The average Bonchev–Trinajstić information content (AvgIpc) is 2.53. The Bertz CT molecular complexity index is 442. The Morgan fingerprint density at radius 3 is 2.82 bits per heavy atom. The van der Waals surface area contributed by atoms with Gasteiger partial charge < -0.3 is 10.1 Å². The van der Waals surface area contributed by atoms with E-state index in [1.54, 1.807) is 18.2 Å². The number of ether oxygens (including phenoxy) is 1. The fourth-order valence-electron chi connectivity index (χ4n) is 1.80. The first-order valence-corrected chi connectivity index (χ1v) is 5.43. The summed E-state index contributed by atoms with van der Waals surface area (Å²) in [6, 6.07) is 4.46. The zero-order valence-corrected chi connectivity index (χ0v) is 9.77. The summed E-state index contributed by atoms with van der Waals surface area (Å²) in [5.41, 5.74) is -0.218. The lowest BCUT2D eigenvalue weighted by Gasteiger charge is -2.14. The molecule has 0 spiro atoms. The van der Waals surface area contributed by atoms with Gasteiger partial charge in [0.25, 0.3) is 5.91 Å². The Kier molecular flexibility index (Phi) is 2.83. The van der Waals surface area contributed by atoms with Gasteiger partial charge in [0.15, 0.2) is 0 Å². The van der Waals surface area contributed by atoms with Crippen molar-refractivity contribution in [3.05, 3.63) is 30.1 Å². The van der Waals surface area contributed by atoms with Gasteiger partial charge in [-0.3, -0.25) is 9.78 Å². The summed E-state index contributed by atoms with van der Waals surface area (Å²) in [6.45, 7) is 3.63. The molecule has 0 radical (unpaired) electrons. The molecule has 1 aliphatic heterocycles. The van der Waals surface area contributed by atoms with Crippen LogP contribution in [0.1, 0.15) is 30.8 Å². The Labute approximate surface area is 99.2 Å². The Balaban J connectivity index is 2.03. The summed E-state index contributed by atoms with van der Waals surface area (Å²) in [5.74, 6) is -0.746. The zero-order chi connectivity index (χ0) is 12.5. The molecule has 1 aliphatic rings. The molecule has 90 valence electrons. The van der Waals surface area contributed by atoms with Crippen molar-refractivity contribution >= 4 is 11.9 Å². The fraction of sp³-hybridized carbons (Fsp3) is 0.417. The molecule has 0 aromatic carbocycles. The molecule has 1 aromatic heterocycles. The van der Waals surface area contributed by atoms with Gasteiger partial charge in [0.05, 0.1) is 0 Å². The Morgan fingerprint density at radius 2 is 2.29 bits per heavy atom. The third-order valence-corrected chi connectivity index (χ3v) is 2.56. The molecule has 1 amide bonds. The smallest absolute Gasteiger partial charge is 0.329 e. The maximum atomic E-state index is 11.8. The minimum absolute atomic E-state index is 0.296. The molecular weight excluding hydrogens is 220 g/mol. The molecule has 0 bridgehead atoms. The monoisotopic (exact) mass is 234 g/mol. The number of cyclic esters (lactones) is 1. The molecule has 1 N–H and O–H groups in total. The van der Waals surface area contributed by atoms with E-state index >= 15 is 0 Å². The van der Waals surface area contributed by atoms with Gasteiger partial charge in [-0.1, -0.05) is 6.07 Å². The van der Waals surface area contributed by atoms with Gasteiger partial charge in [-0.05, 0) is 26.0 Å². The first-order chi connectivity index (χ1) is 7.98. The summed E-state index contributed by atoms with van der Waals surface area (Å²) in [7, 11) is 0. The third-order valence-electron chi connectivity index (χ3n) is 2.56. The lowest BCUT2D eigenvalue weighted by Crippen LogP contribution is -2.38. The maximum Gasteiger partial charge on any atom is 0.329 e. The van der Waals surface area contributed by atoms with E-state index in [-0.39, 0.29) is 11.9 Å². The summed E-state index contributed by atoms with van der Waals surface area (Å²) in [5, 5.41) is 2.62. The van der Waals surface area contributed by atoms with E-state index in [0.29, 0.717) is 12.1 Å². The van der Waals surface area contributed by atoms with Gasteiger partial charge in [-0.15, -0.1) is 0 Å². The molecule has 1 atom stereocenters. The van der Waals surface area contributed by atoms with Gasteiger partial charge in [0.1, 0.15) is 17.3 Å². The molecule has 2 rings (SSSR count). The second-order valence-electron chi connectivity index (χ2n) is 4.63. The van der Waals surface area contributed by atoms with Crippen LogP contribution in [0.25, 0.3) is 0 Å². The predicted molar refractivity (Wildman–Crippen MR) is 60.3 cm³/mol. The average molecular weight is 234 g/mol. The van der Waals surface area contributed by atoms with Crippen LogP contribution in [-0.4, -0.2) is 28.5 Å². The first-order valence-electron chi connectivity index (χ1n) is 5.43. The molecule has 1 saturated heterocycles. The molecule has 1 unspecified atom stereocenters. The minimum atomic E-state index is -0.584. The van der Waals surface area contributed by atoms with Crippen LogP contribution in [0.3, 0.4) is 0 Å². The van der Waals surface area contributed by atoms with Gasteiger partial charge in [0.2, 0.25) is 0 Å². The van der Waals surface area contributed by atoms with Gasteiger partial charge in [-0.2, -0.15) is 0 Å². The lowest BCUT2D eigenvalue weighted by molar-refractivity contribution is -0.147. The van der Waals surface area contributed by atoms with Crippen LogP contribution in [0.4, 0.5) is 0 Å². The van der Waals surface area contributed by atoms with Crippen LogP contribution in [-0.2, 0) is 9.53 Å². The van der Waals surface area contributed by atoms with Gasteiger partial charge >= 0.3 is 5.97 Å². The van der Waals surface area contributed by atoms with Crippen molar-refractivity contribution in [2.24, 2.45) is 0 Å². The number of carbonyl (C=O) groups excluding carboxylic acids is 2. The molecule has 5 heteroatoms. The molecule has 0 aliphatic carbocycles. The van der Waals surface area contributed by atoms with E-state index in [1.807, 2.05) is 13.8 Å². The summed E-state index contributed by atoms with van der Waals surface area (Å²) in [4.78, 5) is 27.2. The van der Waals surface area contributed by atoms with E-state index in [1.165, 1.54) is 6.20 Å². The number of hydrogen-bond acceptors (Lipinski definition) is 4. The highest BCUT2D eigenvalue weighted by molar-refractivity contribution is 5.95. The van der Waals surface area contributed by atoms with Crippen LogP contribution in [0.15, 0.2) is 24.4 Å². The van der Waals surface area contributed by atoms with Crippen LogP contribution < -0.4 is 5.32 Å². The summed E-state index contributed by atoms with van der Waals surface area (Å²) >= 11 is 0. The molecule has 1 fully saturated rings. The van der Waals surface area contributed by atoms with E-state index in [0.717, 1.165) is 0 Å². The van der Waals surface area contributed by atoms with Crippen LogP contribution in [0.5, 0.6) is 0 Å². The van der Waals surface area contributed by atoms with E-state index < -0.39 is 11.6 Å². The number of aromatic nitrogens is 1. The number of nitrogens with zero attached hydrogens (tertiary/aromatic N) is 1. The number of carbonyl (C=O) groups is 2. The zero-order valence-electron chi connectivity index (χ0n) is 9.77. The quantitative estimate of drug-likeness (QED) is 0.772. The van der Waals surface area contributed by atoms with Crippen molar-refractivity contribution < 1.29 is 14.3 Å². The lowest BCUT2D eigenvalue weighted by atomic mass is 10.0. The molecule has 1 aromatic rings. The van der Waals surface area contributed by atoms with Crippen molar-refractivity contribution in [2.75, 3.05) is 0 Å². The molecular formula is C12H14N2O3. The van der Waals surface area contributed by atoms with Crippen molar-refractivity contribution in [2.45, 2.75) is 31.9 Å². The molecule has 2 heterocycles. The predicted octanol–water partition coefficient (Wildman–Crippen LogP) is 0.905. The second kappa shape index (κ2) is 4.16. The van der Waals surface area contributed by atoms with E-state index in [2.05, 4.69) is 10.3 Å². The van der Waals surface area contributed by atoms with Crippen molar-refractivity contribution in [3.8, 4) is 0 Å². The van der Waals surface area contributed by atoms with Crippen LogP contribution >= 0.6 is 0 Å². The topological polar surface area (TPSA) is 68.3 Å². The summed E-state index contributed by atoms with van der Waals surface area (Å²) < 4.78 is 5.12. The Hall–Kier alpha value is -1.91. The van der Waals surface area contributed by atoms with Gasteiger partial charge in [0, 0.05) is 12.6 Å². The van der Waals surface area contributed by atoms with Crippen molar-refractivity contribution in [1.29, 1.82) is 0 Å². The number of amides is 1. The highest BCUT2D eigenvalue weighted by atomic mass is 16.6. The number of esters is 1. The fourth-order valence-corrected chi connectivity index (χ4v) is 1.80. The highest BCUT2D eigenvalue weighted by Gasteiger charge is 2.40. The van der Waals surface area contributed by atoms with Crippen LogP contribution in [0.2, 0.25) is 0 Å². The standard InChI is InChI=1S/C12H14N2O3/c1-12(2)7-9(11(16)17-12)14-10(15)8-5-3-4-6-13-8/h3-6,9H,7H2,1-2H3,(H,14,15). The van der Waals surface area contributed by atoms with E-state index in [9.17, 15) is 9.59 Å². The van der Waals surface area contributed by atoms with E-state index in [4.69, 9.17) is 4.74 Å². The normalized spacial score (nSPS) is 22.0. The maximum absolute atomic E-state index is 11.8. The highest BCUT2D eigenvalue weighted by Crippen LogP contribution is 2.25. The van der Waals surface area contributed by atoms with Crippen molar-refractivity contribution in [3.63, 3.8) is 0 Å². The van der Waals surface area contributed by atoms with Crippen LogP contribution in [0, 0.1) is 0 Å². The first kappa shape index (κ1) is 11.6. The van der Waals surface area contributed by atoms with Crippen molar-refractivity contribution in [1.82, 2.24) is 10.3 Å². The molecule has 0 saturated carbocycles. The number of pyridine rings is 1.